The third kappa shape index (κ3) is 6.58. The third-order valence-corrected chi connectivity index (χ3v) is 12.1. The Bertz CT molecular complexity index is 2560. The van der Waals surface area contributed by atoms with Crippen molar-refractivity contribution < 1.29 is 23.4 Å². The van der Waals surface area contributed by atoms with Crippen molar-refractivity contribution >= 4 is 40.2 Å². The highest BCUT2D eigenvalue weighted by Gasteiger charge is 2.46. The molecule has 0 unspecified atom stereocenters. The number of alkyl halides is 2. The minimum atomic E-state index is -3.05. The van der Waals surface area contributed by atoms with Gasteiger partial charge in [0, 0.05) is 68.7 Å². The van der Waals surface area contributed by atoms with Crippen LogP contribution in [0.15, 0.2) is 52.1 Å². The van der Waals surface area contributed by atoms with Gasteiger partial charge < -0.3 is 25.4 Å². The Morgan fingerprint density at radius 1 is 1.04 bits per heavy atom. The first-order chi connectivity index (χ1) is 27.3. The van der Waals surface area contributed by atoms with Gasteiger partial charge in [-0.15, -0.1) is 0 Å². The van der Waals surface area contributed by atoms with Crippen molar-refractivity contribution in [1.29, 1.82) is 0 Å². The monoisotopic (exact) mass is 801 g/mol. The molecule has 0 radical (unpaired) electrons. The lowest BCUT2D eigenvalue weighted by molar-refractivity contribution is 0.127. The lowest BCUT2D eigenvalue weighted by Crippen LogP contribution is -2.61. The maximum atomic E-state index is 14.0. The summed E-state index contributed by atoms with van der Waals surface area (Å²) in [7, 11) is 4.28. The Kier molecular flexibility index (Phi) is 9.98. The van der Waals surface area contributed by atoms with Crippen LogP contribution in [0.1, 0.15) is 54.2 Å². The number of aromatic nitrogens is 5. The Morgan fingerprint density at radius 2 is 1.77 bits per heavy atom. The molecule has 2 aromatic carbocycles. The van der Waals surface area contributed by atoms with E-state index in [1.165, 1.54) is 14.1 Å². The van der Waals surface area contributed by atoms with Gasteiger partial charge in [-0.05, 0) is 61.4 Å². The summed E-state index contributed by atoms with van der Waals surface area (Å²) in [5, 5.41) is 16.0. The highest BCUT2D eigenvalue weighted by Crippen LogP contribution is 2.47. The fourth-order valence-electron chi connectivity index (χ4n) is 8.66. The van der Waals surface area contributed by atoms with E-state index in [-0.39, 0.29) is 41.1 Å². The van der Waals surface area contributed by atoms with E-state index in [1.54, 1.807) is 24.1 Å². The summed E-state index contributed by atoms with van der Waals surface area (Å²) in [6.07, 6.45) is 0.306. The number of nitrogens with one attached hydrogen (secondary N) is 2. The van der Waals surface area contributed by atoms with E-state index in [0.717, 1.165) is 64.6 Å². The number of aliphatic hydroxyl groups is 1. The number of anilines is 2. The number of pyridine rings is 1. The van der Waals surface area contributed by atoms with Crippen LogP contribution in [0.5, 0.6) is 5.88 Å². The zero-order chi connectivity index (χ0) is 40.3. The van der Waals surface area contributed by atoms with Gasteiger partial charge in [-0.1, -0.05) is 41.9 Å². The highest BCUT2D eigenvalue weighted by atomic mass is 35.5. The molecule has 8 rings (SSSR count). The molecule has 3 aromatic heterocycles. The summed E-state index contributed by atoms with van der Waals surface area (Å²) in [4.78, 5) is 55.7. The van der Waals surface area contributed by atoms with Crippen molar-refractivity contribution in [2.45, 2.75) is 50.6 Å². The van der Waals surface area contributed by atoms with E-state index in [9.17, 15) is 28.3 Å². The fourth-order valence-corrected chi connectivity index (χ4v) is 8.99. The second-order valence-electron chi connectivity index (χ2n) is 14.9. The zero-order valence-electron chi connectivity index (χ0n) is 31.9. The number of β-amino-alcohol motifs (C(OH)–C–C–N with tert-alkyl or cyclic N) is 1. The summed E-state index contributed by atoms with van der Waals surface area (Å²) in [6, 6.07) is 13.1. The molecule has 14 nitrogen and oxygen atoms in total. The van der Waals surface area contributed by atoms with Gasteiger partial charge in [0.25, 0.3) is 12.0 Å². The molecule has 298 valence electrons. The molecule has 2 amide bonds. The van der Waals surface area contributed by atoms with E-state index in [4.69, 9.17) is 21.3 Å². The van der Waals surface area contributed by atoms with Crippen LogP contribution in [-0.2, 0) is 20.5 Å². The maximum Gasteiger partial charge on any atom is 0.332 e. The first kappa shape index (κ1) is 38.4. The fraction of sp³-hybridized carbons (Fsp3) is 0.400. The molecule has 3 N–H and O–H groups in total. The molecule has 1 spiro atoms. The predicted molar refractivity (Wildman–Crippen MR) is 211 cm³/mol. The summed E-state index contributed by atoms with van der Waals surface area (Å²) < 4.78 is 35.8. The van der Waals surface area contributed by atoms with Gasteiger partial charge in [0.2, 0.25) is 5.88 Å². The van der Waals surface area contributed by atoms with Crippen LogP contribution in [0.2, 0.25) is 5.02 Å². The van der Waals surface area contributed by atoms with Crippen LogP contribution in [-0.4, -0.2) is 90.5 Å². The average Bonchev–Trinajstić information content (AvgIpc) is 3.82. The van der Waals surface area contributed by atoms with E-state index < -0.39 is 23.5 Å². The van der Waals surface area contributed by atoms with Crippen LogP contribution in [0.3, 0.4) is 0 Å². The summed E-state index contributed by atoms with van der Waals surface area (Å²) in [6.45, 7) is 4.26. The first-order valence-corrected chi connectivity index (χ1v) is 19.1. The number of hydrogen-bond donors (Lipinski definition) is 3. The van der Waals surface area contributed by atoms with E-state index >= 15 is 0 Å². The van der Waals surface area contributed by atoms with E-state index in [2.05, 4.69) is 31.6 Å². The lowest BCUT2D eigenvalue weighted by atomic mass is 9.92. The number of fused-ring (bicyclic) bond motifs is 2. The summed E-state index contributed by atoms with van der Waals surface area (Å²) in [5.74, 6) is -0.452. The normalized spacial score (nSPS) is 19.5. The number of methoxy groups -OCH3 is 1. The van der Waals surface area contributed by atoms with Crippen molar-refractivity contribution in [3.63, 3.8) is 0 Å². The molecular formula is C40H42ClF2N9O5. The molecular weight excluding hydrogens is 760 g/mol. The predicted octanol–water partition coefficient (Wildman–Crippen LogP) is 5.25. The Morgan fingerprint density at radius 3 is 2.51 bits per heavy atom. The number of carbonyl (C=O) groups is 1. The number of urea groups is 1. The third-order valence-electron chi connectivity index (χ3n) is 11.7. The summed E-state index contributed by atoms with van der Waals surface area (Å²) in [5.41, 5.74) is 4.19. The van der Waals surface area contributed by atoms with Crippen LogP contribution in [0.25, 0.3) is 33.4 Å². The molecule has 2 fully saturated rings. The van der Waals surface area contributed by atoms with Crippen molar-refractivity contribution in [3.8, 4) is 28.3 Å². The number of rotatable bonds is 9. The van der Waals surface area contributed by atoms with Gasteiger partial charge >= 0.3 is 11.7 Å². The molecule has 2 saturated heterocycles. The number of ether oxygens (including phenoxy) is 1. The van der Waals surface area contributed by atoms with Crippen LogP contribution in [0, 0.1) is 6.92 Å². The van der Waals surface area contributed by atoms with Gasteiger partial charge in [-0.3, -0.25) is 18.8 Å². The van der Waals surface area contributed by atoms with Gasteiger partial charge in [-0.2, -0.15) is 0 Å². The first-order valence-electron chi connectivity index (χ1n) is 18.8. The minimum absolute atomic E-state index is 0.0631. The van der Waals surface area contributed by atoms with Crippen molar-refractivity contribution in [3.05, 3.63) is 90.8 Å². The second kappa shape index (κ2) is 14.8. The van der Waals surface area contributed by atoms with Gasteiger partial charge in [0.15, 0.2) is 11.5 Å². The molecule has 17 heteroatoms. The SMILES string of the molecule is COc1nc(-c2cccc(-c3cccc(Nc4nc(C(F)F)nc5c4c(=O)n(C)c(=O)n5C)c3C)c2Cl)cc2c1[C@@H](N1CC[C@]3(CCN(CCO)C(=O)N3)C1)CC2. The van der Waals surface area contributed by atoms with Gasteiger partial charge in [-0.25, -0.2) is 33.3 Å². The molecule has 1 aliphatic carbocycles. The van der Waals surface area contributed by atoms with Gasteiger partial charge in [0.05, 0.1) is 30.0 Å². The Labute approximate surface area is 331 Å². The average molecular weight is 802 g/mol. The van der Waals surface area contributed by atoms with E-state index in [0.29, 0.717) is 52.1 Å². The number of aryl methyl sites for hydroxylation is 2. The van der Waals surface area contributed by atoms with Crippen molar-refractivity contribution in [2.24, 2.45) is 14.1 Å². The number of amides is 2. The number of likely N-dealkylation sites (tertiary alicyclic amines) is 1. The van der Waals surface area contributed by atoms with E-state index in [1.807, 2.05) is 31.2 Å². The molecule has 3 aliphatic rings. The number of nitrogens with zero attached hydrogens (tertiary/aromatic N) is 7. The van der Waals surface area contributed by atoms with Gasteiger partial charge in [0.1, 0.15) is 11.2 Å². The molecule has 57 heavy (non-hydrogen) atoms. The largest absolute Gasteiger partial charge is 0.481 e. The molecule has 0 saturated carbocycles. The molecule has 5 aromatic rings. The molecule has 2 atom stereocenters. The lowest BCUT2D eigenvalue weighted by Gasteiger charge is -2.40. The number of benzene rings is 2. The quantitative estimate of drug-likeness (QED) is 0.180. The van der Waals surface area contributed by atoms with Crippen LogP contribution < -0.4 is 26.6 Å². The molecule has 0 bridgehead atoms. The number of aliphatic hydroxyl groups excluding tert-OH is 1. The van der Waals surface area contributed by atoms with Crippen LogP contribution >= 0.6 is 11.6 Å². The number of hydrogen-bond acceptors (Lipinski definition) is 10. The summed E-state index contributed by atoms with van der Waals surface area (Å²) >= 11 is 7.23. The Balaban J connectivity index is 1.11. The topological polar surface area (TPSA) is 160 Å². The van der Waals surface area contributed by atoms with Crippen molar-refractivity contribution in [2.75, 3.05) is 45.2 Å². The highest BCUT2D eigenvalue weighted by molar-refractivity contribution is 6.36. The smallest absolute Gasteiger partial charge is 0.332 e. The molecule has 5 heterocycles. The standard InChI is InChI=1S/C40H42ClF2N9O5/c1-21-23(7-6-10-26(21)44-33-30-35(47-34(46-33)32(42)43)49(2)39(56)50(3)37(30)54)24-8-5-9-25(31(24)41)27-19-22-11-12-28(29(22)36(45-27)57-4)52-16-14-40(20-52)13-15-51(17-18-53)38(55)48-40/h5-10,19,28,32,53H,11-18,20H2,1-4H3,(H,48,55)(H,44,46,47)/t28-,40+/m0/s1. The number of halogens is 3. The Hall–Kier alpha value is -5.45. The molecule has 2 aliphatic heterocycles. The maximum absolute atomic E-state index is 14.0. The zero-order valence-corrected chi connectivity index (χ0v) is 32.7. The van der Waals surface area contributed by atoms with Crippen LogP contribution in [0.4, 0.5) is 25.1 Å². The minimum Gasteiger partial charge on any atom is -0.481 e. The number of carbonyl (C=O) groups excluding carboxylic acids is 1. The van der Waals surface area contributed by atoms with Crippen molar-refractivity contribution in [1.82, 2.24) is 39.2 Å². The second-order valence-corrected chi connectivity index (χ2v) is 15.3.